The topological polar surface area (TPSA) is 82.2 Å². The standard InChI is InChI=1S/C13H20N4O2/c1-12(2)10-9(4-5-19-10)13(12,14)11(18)16-8-6-15-17(3)7-8/h6-7,9-10H,4-5,14H2,1-3H3,(H,16,18). The third-order valence-corrected chi connectivity index (χ3v) is 4.79. The third kappa shape index (κ3) is 1.50. The molecule has 2 aliphatic rings. The van der Waals surface area contributed by atoms with Crippen molar-refractivity contribution in [3.8, 4) is 0 Å². The Hall–Kier alpha value is -1.40. The molecular weight excluding hydrogens is 244 g/mol. The molecule has 1 aliphatic heterocycles. The summed E-state index contributed by atoms with van der Waals surface area (Å²) in [5.74, 6) is -0.0311. The quantitative estimate of drug-likeness (QED) is 0.815. The van der Waals surface area contributed by atoms with Gasteiger partial charge < -0.3 is 15.8 Å². The van der Waals surface area contributed by atoms with Gasteiger partial charge in [0.05, 0.1) is 18.0 Å². The molecule has 0 radical (unpaired) electrons. The Morgan fingerprint density at radius 3 is 3.00 bits per heavy atom. The Bertz CT molecular complexity index is 524. The third-order valence-electron chi connectivity index (χ3n) is 4.79. The number of aryl methyl sites for hydroxylation is 1. The SMILES string of the molecule is Cn1cc(NC(=O)C2(N)C3CCOC3C2(C)C)cn1. The van der Waals surface area contributed by atoms with E-state index in [1.54, 1.807) is 17.1 Å². The molecule has 0 bridgehead atoms. The molecule has 3 atom stereocenters. The molecule has 2 fully saturated rings. The highest BCUT2D eigenvalue weighted by Crippen LogP contribution is 2.58. The highest BCUT2D eigenvalue weighted by molar-refractivity contribution is 6.00. The molecule has 3 rings (SSSR count). The first-order valence-corrected chi connectivity index (χ1v) is 6.58. The van der Waals surface area contributed by atoms with E-state index in [0.717, 1.165) is 6.42 Å². The summed E-state index contributed by atoms with van der Waals surface area (Å²) in [5.41, 5.74) is 5.90. The molecule has 6 heteroatoms. The number of aromatic nitrogens is 2. The number of carbonyl (C=O) groups excluding carboxylic acids is 1. The van der Waals surface area contributed by atoms with Crippen LogP contribution >= 0.6 is 0 Å². The molecule has 1 aromatic heterocycles. The van der Waals surface area contributed by atoms with Crippen molar-refractivity contribution < 1.29 is 9.53 Å². The zero-order valence-corrected chi connectivity index (χ0v) is 11.5. The number of nitrogens with two attached hydrogens (primary N) is 1. The maximum absolute atomic E-state index is 12.6. The van der Waals surface area contributed by atoms with Gasteiger partial charge in [0.2, 0.25) is 5.91 Å². The molecule has 0 spiro atoms. The summed E-state index contributed by atoms with van der Waals surface area (Å²) in [6, 6.07) is 0. The van der Waals surface area contributed by atoms with Gasteiger partial charge in [0.25, 0.3) is 0 Å². The van der Waals surface area contributed by atoms with E-state index >= 15 is 0 Å². The molecule has 3 unspecified atom stereocenters. The summed E-state index contributed by atoms with van der Waals surface area (Å²) in [6.45, 7) is 4.70. The summed E-state index contributed by atoms with van der Waals surface area (Å²) < 4.78 is 7.34. The van der Waals surface area contributed by atoms with E-state index in [1.807, 2.05) is 20.9 Å². The summed E-state index contributed by atoms with van der Waals surface area (Å²) in [7, 11) is 1.81. The highest BCUT2D eigenvalue weighted by atomic mass is 16.5. The van der Waals surface area contributed by atoms with Gasteiger partial charge in [-0.1, -0.05) is 13.8 Å². The number of carbonyl (C=O) groups is 1. The Labute approximate surface area is 112 Å². The lowest BCUT2D eigenvalue weighted by Crippen LogP contribution is -2.79. The lowest BCUT2D eigenvalue weighted by Gasteiger charge is -2.60. The van der Waals surface area contributed by atoms with Crippen molar-refractivity contribution in [2.75, 3.05) is 11.9 Å². The van der Waals surface area contributed by atoms with Gasteiger partial charge in [-0.3, -0.25) is 9.48 Å². The molecule has 104 valence electrons. The van der Waals surface area contributed by atoms with Crippen LogP contribution in [0.3, 0.4) is 0 Å². The van der Waals surface area contributed by atoms with Gasteiger partial charge in [-0.15, -0.1) is 0 Å². The van der Waals surface area contributed by atoms with E-state index in [0.29, 0.717) is 12.3 Å². The Balaban J connectivity index is 1.82. The van der Waals surface area contributed by atoms with E-state index in [9.17, 15) is 4.79 Å². The first-order chi connectivity index (χ1) is 8.87. The number of anilines is 1. The number of amides is 1. The predicted octanol–water partition coefficient (Wildman–Crippen LogP) is 0.501. The lowest BCUT2D eigenvalue weighted by molar-refractivity contribution is -0.170. The summed E-state index contributed by atoms with van der Waals surface area (Å²) in [5, 5.41) is 6.91. The second-order valence-corrected chi connectivity index (χ2v) is 6.13. The zero-order valence-electron chi connectivity index (χ0n) is 11.5. The van der Waals surface area contributed by atoms with Crippen LogP contribution in [0.2, 0.25) is 0 Å². The van der Waals surface area contributed by atoms with Crippen molar-refractivity contribution in [1.29, 1.82) is 0 Å². The Morgan fingerprint density at radius 1 is 1.63 bits per heavy atom. The molecule has 1 saturated heterocycles. The van der Waals surface area contributed by atoms with Crippen LogP contribution in [-0.4, -0.2) is 33.9 Å². The van der Waals surface area contributed by atoms with Crippen molar-refractivity contribution in [2.24, 2.45) is 24.1 Å². The molecule has 0 aromatic carbocycles. The predicted molar refractivity (Wildman–Crippen MR) is 70.4 cm³/mol. The number of nitrogens with one attached hydrogen (secondary N) is 1. The fourth-order valence-corrected chi connectivity index (χ4v) is 3.57. The summed E-state index contributed by atoms with van der Waals surface area (Å²) >= 11 is 0. The van der Waals surface area contributed by atoms with Gasteiger partial charge in [0, 0.05) is 31.2 Å². The normalized spacial score (nSPS) is 35.6. The first kappa shape index (κ1) is 12.6. The van der Waals surface area contributed by atoms with Crippen LogP contribution in [0.4, 0.5) is 5.69 Å². The smallest absolute Gasteiger partial charge is 0.245 e. The molecule has 2 heterocycles. The van der Waals surface area contributed by atoms with E-state index < -0.39 is 5.54 Å². The monoisotopic (exact) mass is 264 g/mol. The maximum atomic E-state index is 12.6. The average Bonchev–Trinajstić information content (AvgIpc) is 2.96. The number of fused-ring (bicyclic) bond motifs is 1. The molecule has 1 aromatic rings. The maximum Gasteiger partial charge on any atom is 0.245 e. The minimum Gasteiger partial charge on any atom is -0.377 e. The molecule has 6 nitrogen and oxygen atoms in total. The van der Waals surface area contributed by atoms with Crippen LogP contribution in [0.1, 0.15) is 20.3 Å². The van der Waals surface area contributed by atoms with E-state index in [1.165, 1.54) is 0 Å². The summed E-state index contributed by atoms with van der Waals surface area (Å²) in [6.07, 6.45) is 4.33. The van der Waals surface area contributed by atoms with Gasteiger partial charge >= 0.3 is 0 Å². The molecular formula is C13H20N4O2. The molecule has 1 aliphatic carbocycles. The minimum atomic E-state index is -0.871. The highest BCUT2D eigenvalue weighted by Gasteiger charge is 2.71. The van der Waals surface area contributed by atoms with Gasteiger partial charge in [-0.25, -0.2) is 0 Å². The average molecular weight is 264 g/mol. The molecule has 3 N–H and O–H groups in total. The molecule has 1 saturated carbocycles. The molecule has 1 amide bonds. The first-order valence-electron chi connectivity index (χ1n) is 6.58. The van der Waals surface area contributed by atoms with Crippen molar-refractivity contribution in [2.45, 2.75) is 31.9 Å². The van der Waals surface area contributed by atoms with Crippen LogP contribution in [0.15, 0.2) is 12.4 Å². The fourth-order valence-electron chi connectivity index (χ4n) is 3.57. The fraction of sp³-hybridized carbons (Fsp3) is 0.692. The number of hydrogen-bond acceptors (Lipinski definition) is 4. The van der Waals surface area contributed by atoms with Crippen molar-refractivity contribution in [3.05, 3.63) is 12.4 Å². The van der Waals surface area contributed by atoms with Crippen LogP contribution in [0.25, 0.3) is 0 Å². The van der Waals surface area contributed by atoms with Crippen LogP contribution < -0.4 is 11.1 Å². The van der Waals surface area contributed by atoms with Gasteiger partial charge in [-0.05, 0) is 6.42 Å². The lowest BCUT2D eigenvalue weighted by atomic mass is 9.48. The zero-order chi connectivity index (χ0) is 13.8. The second kappa shape index (κ2) is 3.80. The van der Waals surface area contributed by atoms with E-state index in [-0.39, 0.29) is 23.3 Å². The van der Waals surface area contributed by atoms with Crippen molar-refractivity contribution in [1.82, 2.24) is 9.78 Å². The van der Waals surface area contributed by atoms with Crippen LogP contribution in [0.5, 0.6) is 0 Å². The van der Waals surface area contributed by atoms with Crippen molar-refractivity contribution in [3.63, 3.8) is 0 Å². The number of nitrogens with zero attached hydrogens (tertiary/aromatic N) is 2. The Kier molecular flexibility index (Phi) is 2.53. The number of hydrogen-bond donors (Lipinski definition) is 2. The minimum absolute atomic E-state index is 0.0946. The largest absolute Gasteiger partial charge is 0.377 e. The number of ether oxygens (including phenoxy) is 1. The van der Waals surface area contributed by atoms with Crippen LogP contribution in [-0.2, 0) is 16.6 Å². The van der Waals surface area contributed by atoms with Gasteiger partial charge in [0.1, 0.15) is 5.54 Å². The summed E-state index contributed by atoms with van der Waals surface area (Å²) in [4.78, 5) is 12.6. The van der Waals surface area contributed by atoms with Gasteiger partial charge in [-0.2, -0.15) is 5.10 Å². The van der Waals surface area contributed by atoms with Crippen molar-refractivity contribution >= 4 is 11.6 Å². The second-order valence-electron chi connectivity index (χ2n) is 6.13. The number of rotatable bonds is 2. The van der Waals surface area contributed by atoms with Crippen LogP contribution in [0, 0.1) is 11.3 Å². The van der Waals surface area contributed by atoms with E-state index in [2.05, 4.69) is 10.4 Å². The Morgan fingerprint density at radius 2 is 2.37 bits per heavy atom. The van der Waals surface area contributed by atoms with E-state index in [4.69, 9.17) is 10.5 Å². The molecule has 19 heavy (non-hydrogen) atoms. The van der Waals surface area contributed by atoms with Gasteiger partial charge in [0.15, 0.2) is 0 Å².